The van der Waals surface area contributed by atoms with Crippen molar-refractivity contribution in [3.8, 4) is 11.4 Å². The number of carbonyl (C=O) groups is 1. The number of halogens is 1. The molecule has 0 saturated heterocycles. The lowest BCUT2D eigenvalue weighted by atomic mass is 10.1. The summed E-state index contributed by atoms with van der Waals surface area (Å²) in [6, 6.07) is 19.2. The number of aromatic nitrogens is 3. The van der Waals surface area contributed by atoms with E-state index in [4.69, 9.17) is 16.1 Å². The van der Waals surface area contributed by atoms with Crippen LogP contribution in [-0.4, -0.2) is 21.0 Å². The molecule has 32 heavy (non-hydrogen) atoms. The molecule has 4 rings (SSSR count). The Bertz CT molecular complexity index is 1180. The highest BCUT2D eigenvalue weighted by Gasteiger charge is 2.12. The predicted molar refractivity (Wildman–Crippen MR) is 124 cm³/mol. The number of hydrogen-bond donors (Lipinski definition) is 2. The van der Waals surface area contributed by atoms with Gasteiger partial charge in [0.05, 0.1) is 10.7 Å². The molecule has 2 aromatic heterocycles. The maximum Gasteiger partial charge on any atom is 0.227 e. The number of anilines is 2. The van der Waals surface area contributed by atoms with Crippen LogP contribution in [0.5, 0.6) is 0 Å². The average Bonchev–Trinajstić information content (AvgIpc) is 3.30. The molecular formula is C24H22ClN5O2. The van der Waals surface area contributed by atoms with E-state index in [2.05, 4.69) is 44.8 Å². The molecule has 0 aliphatic carbocycles. The molecule has 0 fully saturated rings. The molecule has 0 bridgehead atoms. The van der Waals surface area contributed by atoms with E-state index in [0.29, 0.717) is 28.8 Å². The van der Waals surface area contributed by atoms with E-state index in [-0.39, 0.29) is 18.4 Å². The van der Waals surface area contributed by atoms with Gasteiger partial charge < -0.3 is 15.2 Å². The lowest BCUT2D eigenvalue weighted by molar-refractivity contribution is -0.116. The number of rotatable bonds is 8. The zero-order valence-electron chi connectivity index (χ0n) is 17.5. The minimum absolute atomic E-state index is 0.0978. The van der Waals surface area contributed by atoms with E-state index in [1.165, 1.54) is 0 Å². The second kappa shape index (κ2) is 10.1. The lowest BCUT2D eigenvalue weighted by Gasteiger charge is -2.17. The second-order valence-electron chi connectivity index (χ2n) is 7.27. The SMILES string of the molecule is CC(Nc1ccc(NC(=O)CCc2nc(-c3ccncc3)no2)cc1Cl)c1ccccc1. The standard InChI is InChI=1S/C24H22ClN5O2/c1-16(17-5-3-2-4-6-17)27-21-8-7-19(15-20(21)25)28-22(31)9-10-23-29-24(30-32-23)18-11-13-26-14-12-18/h2-8,11-16,27H,9-10H2,1H3,(H,28,31). The van der Waals surface area contributed by atoms with Gasteiger partial charge in [-0.25, -0.2) is 0 Å². The summed E-state index contributed by atoms with van der Waals surface area (Å²) in [5.74, 6) is 0.713. The molecule has 1 amide bonds. The zero-order chi connectivity index (χ0) is 22.3. The highest BCUT2D eigenvalue weighted by Crippen LogP contribution is 2.29. The Morgan fingerprint density at radius 2 is 1.88 bits per heavy atom. The van der Waals surface area contributed by atoms with Crippen LogP contribution < -0.4 is 10.6 Å². The lowest BCUT2D eigenvalue weighted by Crippen LogP contribution is -2.13. The van der Waals surface area contributed by atoms with Crippen LogP contribution in [0.15, 0.2) is 77.6 Å². The van der Waals surface area contributed by atoms with Crippen LogP contribution >= 0.6 is 11.6 Å². The molecule has 7 nitrogen and oxygen atoms in total. The fourth-order valence-corrected chi connectivity index (χ4v) is 3.42. The molecule has 0 radical (unpaired) electrons. The molecule has 2 aromatic carbocycles. The Morgan fingerprint density at radius 3 is 2.62 bits per heavy atom. The number of carbonyl (C=O) groups excluding carboxylic acids is 1. The molecule has 1 unspecified atom stereocenters. The summed E-state index contributed by atoms with van der Waals surface area (Å²) in [4.78, 5) is 20.6. The van der Waals surface area contributed by atoms with Crippen LogP contribution in [0.2, 0.25) is 5.02 Å². The Balaban J connectivity index is 1.31. The summed E-state index contributed by atoms with van der Waals surface area (Å²) in [6.07, 6.45) is 3.87. The van der Waals surface area contributed by atoms with Crippen molar-refractivity contribution in [1.29, 1.82) is 0 Å². The van der Waals surface area contributed by atoms with Crippen molar-refractivity contribution >= 4 is 28.9 Å². The number of hydrogen-bond acceptors (Lipinski definition) is 6. The van der Waals surface area contributed by atoms with Crippen molar-refractivity contribution in [3.05, 3.63) is 89.5 Å². The number of nitrogens with one attached hydrogen (secondary N) is 2. The van der Waals surface area contributed by atoms with Gasteiger partial charge in [0.1, 0.15) is 0 Å². The topological polar surface area (TPSA) is 92.9 Å². The van der Waals surface area contributed by atoms with E-state index >= 15 is 0 Å². The highest BCUT2D eigenvalue weighted by molar-refractivity contribution is 6.33. The van der Waals surface area contributed by atoms with Gasteiger partial charge in [-0.15, -0.1) is 0 Å². The number of amides is 1. The van der Waals surface area contributed by atoms with Crippen LogP contribution in [0.4, 0.5) is 11.4 Å². The number of nitrogens with zero attached hydrogens (tertiary/aromatic N) is 3. The van der Waals surface area contributed by atoms with Crippen molar-refractivity contribution in [2.45, 2.75) is 25.8 Å². The van der Waals surface area contributed by atoms with E-state index in [0.717, 1.165) is 16.8 Å². The van der Waals surface area contributed by atoms with Crippen LogP contribution in [0.25, 0.3) is 11.4 Å². The van der Waals surface area contributed by atoms with Gasteiger partial charge >= 0.3 is 0 Å². The molecule has 8 heteroatoms. The summed E-state index contributed by atoms with van der Waals surface area (Å²) >= 11 is 6.43. The fraction of sp³-hybridized carbons (Fsp3) is 0.167. The van der Waals surface area contributed by atoms with Crippen molar-refractivity contribution in [3.63, 3.8) is 0 Å². The molecule has 162 valence electrons. The first-order valence-electron chi connectivity index (χ1n) is 10.2. The van der Waals surface area contributed by atoms with Crippen LogP contribution in [0, 0.1) is 0 Å². The summed E-state index contributed by atoms with van der Waals surface area (Å²) in [7, 11) is 0. The van der Waals surface area contributed by atoms with E-state index in [9.17, 15) is 4.79 Å². The van der Waals surface area contributed by atoms with Crippen molar-refractivity contribution in [1.82, 2.24) is 15.1 Å². The quantitative estimate of drug-likeness (QED) is 0.369. The summed E-state index contributed by atoms with van der Waals surface area (Å²) in [5, 5.41) is 10.7. The summed E-state index contributed by atoms with van der Waals surface area (Å²) < 4.78 is 5.24. The maximum atomic E-state index is 12.4. The fourth-order valence-electron chi connectivity index (χ4n) is 3.19. The van der Waals surface area contributed by atoms with Crippen LogP contribution in [0.1, 0.15) is 30.8 Å². The number of benzene rings is 2. The molecular weight excluding hydrogens is 426 g/mol. The largest absolute Gasteiger partial charge is 0.377 e. The first-order chi connectivity index (χ1) is 15.6. The van der Waals surface area contributed by atoms with E-state index in [1.807, 2.05) is 30.3 Å². The van der Waals surface area contributed by atoms with Gasteiger partial charge in [-0.1, -0.05) is 47.1 Å². The molecule has 0 aliphatic rings. The Kier molecular flexibility index (Phi) is 6.77. The number of aryl methyl sites for hydroxylation is 1. The maximum absolute atomic E-state index is 12.4. The summed E-state index contributed by atoms with van der Waals surface area (Å²) in [6.45, 7) is 2.07. The normalized spacial score (nSPS) is 11.7. The van der Waals surface area contributed by atoms with Crippen molar-refractivity contribution < 1.29 is 9.32 Å². The van der Waals surface area contributed by atoms with Gasteiger partial charge in [0.25, 0.3) is 0 Å². The minimum Gasteiger partial charge on any atom is -0.377 e. The Morgan fingerprint density at radius 1 is 1.09 bits per heavy atom. The first-order valence-corrected chi connectivity index (χ1v) is 10.6. The Labute approximate surface area is 190 Å². The van der Waals surface area contributed by atoms with Gasteiger partial charge in [0.15, 0.2) is 0 Å². The smallest absolute Gasteiger partial charge is 0.227 e. The molecule has 1 atom stereocenters. The van der Waals surface area contributed by atoms with E-state index < -0.39 is 0 Å². The molecule has 0 spiro atoms. The minimum atomic E-state index is -0.164. The monoisotopic (exact) mass is 447 g/mol. The number of pyridine rings is 1. The average molecular weight is 448 g/mol. The second-order valence-corrected chi connectivity index (χ2v) is 7.67. The van der Waals surface area contributed by atoms with Gasteiger partial charge in [0.2, 0.25) is 17.6 Å². The summed E-state index contributed by atoms with van der Waals surface area (Å²) in [5.41, 5.74) is 3.40. The third kappa shape index (κ3) is 5.50. The van der Waals surface area contributed by atoms with Crippen molar-refractivity contribution in [2.75, 3.05) is 10.6 Å². The molecule has 4 aromatic rings. The van der Waals surface area contributed by atoms with Crippen LogP contribution in [0.3, 0.4) is 0 Å². The Hall–Kier alpha value is -3.71. The first kappa shape index (κ1) is 21.5. The third-order valence-electron chi connectivity index (χ3n) is 4.90. The highest BCUT2D eigenvalue weighted by atomic mass is 35.5. The van der Waals surface area contributed by atoms with Gasteiger partial charge in [-0.2, -0.15) is 4.98 Å². The van der Waals surface area contributed by atoms with E-state index in [1.54, 1.807) is 30.6 Å². The predicted octanol–water partition coefficient (Wildman–Crippen LogP) is 5.53. The van der Waals surface area contributed by atoms with Gasteiger partial charge in [-0.3, -0.25) is 9.78 Å². The molecule has 0 aliphatic heterocycles. The molecule has 2 heterocycles. The molecule has 2 N–H and O–H groups in total. The molecule has 0 saturated carbocycles. The van der Waals surface area contributed by atoms with Crippen molar-refractivity contribution in [2.24, 2.45) is 0 Å². The zero-order valence-corrected chi connectivity index (χ0v) is 18.2. The van der Waals surface area contributed by atoms with Gasteiger partial charge in [-0.05, 0) is 42.8 Å². The van der Waals surface area contributed by atoms with Gasteiger partial charge in [0, 0.05) is 42.5 Å². The third-order valence-corrected chi connectivity index (χ3v) is 5.21. The van der Waals surface area contributed by atoms with Crippen LogP contribution in [-0.2, 0) is 11.2 Å².